The lowest BCUT2D eigenvalue weighted by Gasteiger charge is -2.18. The normalized spacial score (nSPS) is 21.4. The number of hydrogen-bond acceptors (Lipinski definition) is 3. The van der Waals surface area contributed by atoms with Crippen molar-refractivity contribution in [1.82, 2.24) is 10.2 Å². The van der Waals surface area contributed by atoms with Crippen molar-refractivity contribution in [3.63, 3.8) is 0 Å². The highest BCUT2D eigenvalue weighted by Gasteiger charge is 2.30. The van der Waals surface area contributed by atoms with Crippen LogP contribution < -0.4 is 11.1 Å². The molecule has 0 aromatic heterocycles. The topological polar surface area (TPSA) is 75.4 Å². The van der Waals surface area contributed by atoms with Crippen LogP contribution in [0.3, 0.4) is 0 Å². The fourth-order valence-electron chi connectivity index (χ4n) is 1.66. The number of nitrogens with one attached hydrogen (secondary N) is 1. The highest BCUT2D eigenvalue weighted by molar-refractivity contribution is 5.88. The minimum absolute atomic E-state index is 0.000332. The third-order valence-electron chi connectivity index (χ3n) is 2.76. The fraction of sp³-hybridized carbons (Fsp3) is 0.818. The van der Waals surface area contributed by atoms with E-state index in [9.17, 15) is 9.59 Å². The van der Waals surface area contributed by atoms with Crippen LogP contribution in [0.4, 0.5) is 0 Å². The van der Waals surface area contributed by atoms with E-state index in [4.69, 9.17) is 5.73 Å². The van der Waals surface area contributed by atoms with Gasteiger partial charge in [0.05, 0.1) is 0 Å². The van der Waals surface area contributed by atoms with Crippen LogP contribution in [0.1, 0.15) is 33.1 Å². The van der Waals surface area contributed by atoms with Gasteiger partial charge in [-0.05, 0) is 26.7 Å². The first-order valence-electron chi connectivity index (χ1n) is 5.63. The van der Waals surface area contributed by atoms with E-state index in [1.807, 2.05) is 13.8 Å². The van der Waals surface area contributed by atoms with E-state index in [0.717, 1.165) is 0 Å². The van der Waals surface area contributed by atoms with E-state index < -0.39 is 0 Å². The molecule has 0 spiro atoms. The van der Waals surface area contributed by atoms with Gasteiger partial charge >= 0.3 is 0 Å². The summed E-state index contributed by atoms with van der Waals surface area (Å²) in [6.45, 7) is 4.48. The summed E-state index contributed by atoms with van der Waals surface area (Å²) in [5.74, 6) is -0.0902. The van der Waals surface area contributed by atoms with E-state index in [-0.39, 0.29) is 23.4 Å². The zero-order chi connectivity index (χ0) is 12.3. The number of carbonyl (C=O) groups excluding carboxylic acids is 2. The molecule has 1 heterocycles. The Hall–Kier alpha value is -1.10. The minimum Gasteiger partial charge on any atom is -0.344 e. The molecule has 0 radical (unpaired) electrons. The summed E-state index contributed by atoms with van der Waals surface area (Å²) in [6, 6.07) is -0.335. The van der Waals surface area contributed by atoms with Gasteiger partial charge in [0.15, 0.2) is 0 Å². The Labute approximate surface area is 96.4 Å². The smallest absolute Gasteiger partial charge is 0.244 e. The van der Waals surface area contributed by atoms with Crippen LogP contribution in [0.2, 0.25) is 0 Å². The highest BCUT2D eigenvalue weighted by atomic mass is 16.2. The number of likely N-dealkylation sites (N-methyl/N-ethyl adjacent to an activating group) is 1. The van der Waals surface area contributed by atoms with E-state index in [0.29, 0.717) is 25.8 Å². The SMILES string of the molecule is CN1CCC(NC(=O)CCC(C)(C)N)C1=O. The van der Waals surface area contributed by atoms with Gasteiger partial charge in [-0.25, -0.2) is 0 Å². The molecule has 2 amide bonds. The van der Waals surface area contributed by atoms with E-state index in [1.54, 1.807) is 11.9 Å². The molecular formula is C11H21N3O2. The predicted octanol–water partition coefficient (Wildman–Crippen LogP) is -0.149. The number of rotatable bonds is 4. The molecule has 1 fully saturated rings. The van der Waals surface area contributed by atoms with Gasteiger partial charge in [-0.2, -0.15) is 0 Å². The van der Waals surface area contributed by atoms with Crippen molar-refractivity contribution in [1.29, 1.82) is 0 Å². The largest absolute Gasteiger partial charge is 0.344 e. The van der Waals surface area contributed by atoms with Gasteiger partial charge in [0.1, 0.15) is 6.04 Å². The number of nitrogens with zero attached hydrogens (tertiary/aromatic N) is 1. The first kappa shape index (κ1) is 13.0. The van der Waals surface area contributed by atoms with Crippen LogP contribution in [0.15, 0.2) is 0 Å². The van der Waals surface area contributed by atoms with Gasteiger partial charge < -0.3 is 16.0 Å². The van der Waals surface area contributed by atoms with Crippen LogP contribution in [0.25, 0.3) is 0 Å². The summed E-state index contributed by atoms with van der Waals surface area (Å²) in [4.78, 5) is 24.7. The van der Waals surface area contributed by atoms with Gasteiger partial charge in [0.2, 0.25) is 11.8 Å². The van der Waals surface area contributed by atoms with Crippen LogP contribution in [0, 0.1) is 0 Å². The first-order valence-corrected chi connectivity index (χ1v) is 5.63. The zero-order valence-electron chi connectivity index (χ0n) is 10.2. The number of carbonyl (C=O) groups is 2. The second kappa shape index (κ2) is 4.82. The Kier molecular flexibility index (Phi) is 3.91. The molecule has 1 atom stereocenters. The Morgan fingerprint density at radius 2 is 2.25 bits per heavy atom. The van der Waals surface area contributed by atoms with Gasteiger partial charge in [-0.3, -0.25) is 9.59 Å². The van der Waals surface area contributed by atoms with E-state index >= 15 is 0 Å². The molecule has 16 heavy (non-hydrogen) atoms. The summed E-state index contributed by atoms with van der Waals surface area (Å²) in [5.41, 5.74) is 5.45. The Morgan fingerprint density at radius 3 is 2.69 bits per heavy atom. The Morgan fingerprint density at radius 1 is 1.62 bits per heavy atom. The molecule has 1 aliphatic heterocycles. The lowest BCUT2D eigenvalue weighted by Crippen LogP contribution is -2.41. The van der Waals surface area contributed by atoms with Gasteiger partial charge in [0.25, 0.3) is 0 Å². The lowest BCUT2D eigenvalue weighted by molar-refractivity contribution is -0.131. The van der Waals surface area contributed by atoms with Crippen molar-refractivity contribution in [2.45, 2.75) is 44.7 Å². The maximum absolute atomic E-state index is 11.6. The molecule has 92 valence electrons. The molecule has 1 aliphatic rings. The van der Waals surface area contributed by atoms with Crippen molar-refractivity contribution < 1.29 is 9.59 Å². The summed E-state index contributed by atoms with van der Waals surface area (Å²) in [6.07, 6.45) is 1.69. The zero-order valence-corrected chi connectivity index (χ0v) is 10.2. The highest BCUT2D eigenvalue weighted by Crippen LogP contribution is 2.10. The maximum atomic E-state index is 11.6. The van der Waals surface area contributed by atoms with Gasteiger partial charge in [-0.15, -0.1) is 0 Å². The average Bonchev–Trinajstić information content (AvgIpc) is 2.46. The molecule has 5 heteroatoms. The molecular weight excluding hydrogens is 206 g/mol. The summed E-state index contributed by atoms with van der Waals surface area (Å²) in [5, 5.41) is 2.75. The molecule has 0 bridgehead atoms. The summed E-state index contributed by atoms with van der Waals surface area (Å²) < 4.78 is 0. The number of nitrogens with two attached hydrogens (primary N) is 1. The first-order chi connectivity index (χ1) is 7.29. The molecule has 1 saturated heterocycles. The predicted molar refractivity (Wildman–Crippen MR) is 61.7 cm³/mol. The molecule has 5 nitrogen and oxygen atoms in total. The summed E-state index contributed by atoms with van der Waals surface area (Å²) >= 11 is 0. The maximum Gasteiger partial charge on any atom is 0.244 e. The lowest BCUT2D eigenvalue weighted by atomic mass is 10.00. The third-order valence-corrected chi connectivity index (χ3v) is 2.76. The number of likely N-dealkylation sites (tertiary alicyclic amines) is 1. The molecule has 3 N–H and O–H groups in total. The van der Waals surface area contributed by atoms with E-state index in [2.05, 4.69) is 5.32 Å². The van der Waals surface area contributed by atoms with Crippen LogP contribution in [-0.4, -0.2) is 41.9 Å². The Balaban J connectivity index is 2.33. The fourth-order valence-corrected chi connectivity index (χ4v) is 1.66. The standard InChI is InChI=1S/C11H21N3O2/c1-11(2,12)6-4-9(15)13-8-5-7-14(3)10(8)16/h8H,4-7,12H2,1-3H3,(H,13,15). The molecule has 1 rings (SSSR count). The minimum atomic E-state index is -0.339. The monoisotopic (exact) mass is 227 g/mol. The molecule has 0 aromatic carbocycles. The van der Waals surface area contributed by atoms with Gasteiger partial charge in [0, 0.05) is 25.6 Å². The second-order valence-corrected chi connectivity index (χ2v) is 5.16. The molecule has 1 unspecified atom stereocenters. The summed E-state index contributed by atoms with van der Waals surface area (Å²) in [7, 11) is 1.75. The molecule has 0 saturated carbocycles. The molecule has 0 aromatic rings. The van der Waals surface area contributed by atoms with Crippen molar-refractivity contribution in [2.75, 3.05) is 13.6 Å². The van der Waals surface area contributed by atoms with Crippen molar-refractivity contribution in [3.8, 4) is 0 Å². The van der Waals surface area contributed by atoms with Gasteiger partial charge in [-0.1, -0.05) is 0 Å². The average molecular weight is 227 g/mol. The molecule has 0 aliphatic carbocycles. The third kappa shape index (κ3) is 3.81. The van der Waals surface area contributed by atoms with Crippen molar-refractivity contribution in [3.05, 3.63) is 0 Å². The second-order valence-electron chi connectivity index (χ2n) is 5.16. The quantitative estimate of drug-likeness (QED) is 0.701. The van der Waals surface area contributed by atoms with E-state index in [1.165, 1.54) is 0 Å². The van der Waals surface area contributed by atoms with Crippen molar-refractivity contribution in [2.24, 2.45) is 5.73 Å². The Bertz CT molecular complexity index is 283. The van der Waals surface area contributed by atoms with Crippen LogP contribution in [0.5, 0.6) is 0 Å². The van der Waals surface area contributed by atoms with Crippen LogP contribution in [-0.2, 0) is 9.59 Å². The number of amides is 2. The van der Waals surface area contributed by atoms with Crippen molar-refractivity contribution >= 4 is 11.8 Å². The van der Waals surface area contributed by atoms with Crippen LogP contribution >= 0.6 is 0 Å². The number of hydrogen-bond donors (Lipinski definition) is 2.